The summed E-state index contributed by atoms with van der Waals surface area (Å²) in [6, 6.07) is 0.576. The molecule has 0 saturated heterocycles. The van der Waals surface area contributed by atoms with Crippen molar-refractivity contribution in [2.75, 3.05) is 19.0 Å². The van der Waals surface area contributed by atoms with Gasteiger partial charge in [-0.05, 0) is 33.7 Å². The largest absolute Gasteiger partial charge is 0.334 e. The first-order valence-electron chi connectivity index (χ1n) is 5.93. The van der Waals surface area contributed by atoms with Gasteiger partial charge in [-0.25, -0.2) is 4.98 Å². The van der Waals surface area contributed by atoms with Crippen LogP contribution in [0.25, 0.3) is 0 Å². The van der Waals surface area contributed by atoms with Gasteiger partial charge in [-0.1, -0.05) is 0 Å². The molecule has 0 aromatic carbocycles. The van der Waals surface area contributed by atoms with Crippen molar-refractivity contribution in [3.63, 3.8) is 0 Å². The van der Waals surface area contributed by atoms with E-state index in [2.05, 4.69) is 28.3 Å². The lowest BCUT2D eigenvalue weighted by molar-refractivity contribution is 0.213. The van der Waals surface area contributed by atoms with Crippen molar-refractivity contribution >= 4 is 11.6 Å². The number of imidazole rings is 1. The summed E-state index contributed by atoms with van der Waals surface area (Å²) in [5, 5.41) is 0. The Morgan fingerprint density at radius 2 is 2.19 bits per heavy atom. The van der Waals surface area contributed by atoms with E-state index in [4.69, 9.17) is 11.6 Å². The van der Waals surface area contributed by atoms with E-state index in [-0.39, 0.29) is 0 Å². The maximum absolute atomic E-state index is 5.73. The summed E-state index contributed by atoms with van der Waals surface area (Å²) in [5.41, 5.74) is 0. The molecule has 0 aliphatic carbocycles. The topological polar surface area (TPSA) is 21.1 Å². The van der Waals surface area contributed by atoms with Crippen LogP contribution in [-0.2, 0) is 6.54 Å². The van der Waals surface area contributed by atoms with Gasteiger partial charge in [-0.3, -0.25) is 4.90 Å². The third kappa shape index (κ3) is 4.14. The number of aryl methyl sites for hydroxylation is 1. The Morgan fingerprint density at radius 3 is 2.69 bits per heavy atom. The molecule has 0 aliphatic rings. The number of rotatable bonds is 7. The van der Waals surface area contributed by atoms with E-state index in [1.807, 2.05) is 19.3 Å². The average Bonchev–Trinajstić information content (AvgIpc) is 2.64. The van der Waals surface area contributed by atoms with Crippen LogP contribution in [0.15, 0.2) is 12.4 Å². The van der Waals surface area contributed by atoms with Crippen LogP contribution in [0.1, 0.15) is 26.1 Å². The first kappa shape index (κ1) is 13.5. The Kier molecular flexibility index (Phi) is 5.85. The number of alkyl halides is 1. The minimum absolute atomic E-state index is 0.576. The molecule has 1 rings (SSSR count). The van der Waals surface area contributed by atoms with Crippen molar-refractivity contribution in [3.8, 4) is 0 Å². The first-order valence-corrected chi connectivity index (χ1v) is 6.46. The highest BCUT2D eigenvalue weighted by atomic mass is 35.5. The predicted molar refractivity (Wildman–Crippen MR) is 69.0 cm³/mol. The maximum Gasteiger partial charge on any atom is 0.105 e. The van der Waals surface area contributed by atoms with Gasteiger partial charge < -0.3 is 4.57 Å². The van der Waals surface area contributed by atoms with Gasteiger partial charge in [0.05, 0.1) is 0 Å². The second-order valence-electron chi connectivity index (χ2n) is 4.34. The van der Waals surface area contributed by atoms with Gasteiger partial charge in [-0.2, -0.15) is 0 Å². The first-order chi connectivity index (χ1) is 7.65. The molecule has 0 fully saturated rings. The predicted octanol–water partition coefficient (Wildman–Crippen LogP) is 2.53. The van der Waals surface area contributed by atoms with Gasteiger partial charge in [0.2, 0.25) is 0 Å². The van der Waals surface area contributed by atoms with Gasteiger partial charge in [0.25, 0.3) is 0 Å². The molecule has 0 saturated carbocycles. The maximum atomic E-state index is 5.73. The molecule has 0 atom stereocenters. The number of hydrogen-bond donors (Lipinski definition) is 0. The lowest BCUT2D eigenvalue weighted by Crippen LogP contribution is -2.35. The fourth-order valence-electron chi connectivity index (χ4n) is 1.77. The zero-order chi connectivity index (χ0) is 12.0. The van der Waals surface area contributed by atoms with E-state index in [0.717, 1.165) is 37.8 Å². The molecule has 4 heteroatoms. The standard InChI is InChI=1S/C12H22ClN3/c1-11(2)15(7-4-5-13)9-10-16-8-6-14-12(16)3/h6,8,11H,4-5,7,9-10H2,1-3H3. The minimum atomic E-state index is 0.576. The number of hydrogen-bond acceptors (Lipinski definition) is 2. The minimum Gasteiger partial charge on any atom is -0.334 e. The van der Waals surface area contributed by atoms with E-state index < -0.39 is 0 Å². The lowest BCUT2D eigenvalue weighted by atomic mass is 10.3. The van der Waals surface area contributed by atoms with Crippen LogP contribution in [0.5, 0.6) is 0 Å². The third-order valence-electron chi connectivity index (χ3n) is 2.86. The van der Waals surface area contributed by atoms with Gasteiger partial charge in [-0.15, -0.1) is 11.6 Å². The Hall–Kier alpha value is -0.540. The lowest BCUT2D eigenvalue weighted by Gasteiger charge is -2.26. The number of halogens is 1. The van der Waals surface area contributed by atoms with Crippen LogP contribution in [0.3, 0.4) is 0 Å². The molecule has 1 aromatic rings. The Morgan fingerprint density at radius 1 is 1.44 bits per heavy atom. The summed E-state index contributed by atoms with van der Waals surface area (Å²) in [7, 11) is 0. The molecule has 1 aromatic heterocycles. The van der Waals surface area contributed by atoms with E-state index in [9.17, 15) is 0 Å². The highest BCUT2D eigenvalue weighted by Crippen LogP contribution is 2.03. The molecule has 0 bridgehead atoms. The van der Waals surface area contributed by atoms with Crippen LogP contribution in [-0.4, -0.2) is 39.5 Å². The van der Waals surface area contributed by atoms with Crippen molar-refractivity contribution in [2.24, 2.45) is 0 Å². The van der Waals surface area contributed by atoms with Crippen LogP contribution in [0.2, 0.25) is 0 Å². The zero-order valence-corrected chi connectivity index (χ0v) is 11.2. The van der Waals surface area contributed by atoms with E-state index in [0.29, 0.717) is 6.04 Å². The van der Waals surface area contributed by atoms with Crippen LogP contribution in [0.4, 0.5) is 0 Å². The Bertz CT molecular complexity index is 296. The monoisotopic (exact) mass is 243 g/mol. The summed E-state index contributed by atoms with van der Waals surface area (Å²) in [6.07, 6.45) is 4.95. The smallest absolute Gasteiger partial charge is 0.105 e. The van der Waals surface area contributed by atoms with Gasteiger partial charge in [0.15, 0.2) is 0 Å². The van der Waals surface area contributed by atoms with Crippen molar-refractivity contribution in [1.29, 1.82) is 0 Å². The van der Waals surface area contributed by atoms with Crippen LogP contribution >= 0.6 is 11.6 Å². The van der Waals surface area contributed by atoms with E-state index in [1.165, 1.54) is 0 Å². The fourth-order valence-corrected chi connectivity index (χ4v) is 1.89. The molecular formula is C12H22ClN3. The molecule has 3 nitrogen and oxygen atoms in total. The van der Waals surface area contributed by atoms with Crippen molar-refractivity contribution in [1.82, 2.24) is 14.5 Å². The molecule has 0 N–H and O–H groups in total. The second-order valence-corrected chi connectivity index (χ2v) is 4.72. The normalized spacial score (nSPS) is 11.6. The van der Waals surface area contributed by atoms with Crippen molar-refractivity contribution < 1.29 is 0 Å². The van der Waals surface area contributed by atoms with Crippen molar-refractivity contribution in [3.05, 3.63) is 18.2 Å². The Balaban J connectivity index is 2.40. The summed E-state index contributed by atoms with van der Waals surface area (Å²) in [6.45, 7) is 9.65. The molecule has 0 aliphatic heterocycles. The number of nitrogens with zero attached hydrogens (tertiary/aromatic N) is 3. The van der Waals surface area contributed by atoms with Gasteiger partial charge in [0, 0.05) is 37.4 Å². The van der Waals surface area contributed by atoms with E-state index in [1.54, 1.807) is 0 Å². The second kappa shape index (κ2) is 6.92. The SMILES string of the molecule is Cc1nccn1CCN(CCCCl)C(C)C. The summed E-state index contributed by atoms with van der Waals surface area (Å²) in [4.78, 5) is 6.69. The highest BCUT2D eigenvalue weighted by Gasteiger charge is 2.09. The zero-order valence-electron chi connectivity index (χ0n) is 10.5. The van der Waals surface area contributed by atoms with Crippen LogP contribution < -0.4 is 0 Å². The summed E-state index contributed by atoms with van der Waals surface area (Å²) in [5.74, 6) is 1.83. The highest BCUT2D eigenvalue weighted by molar-refractivity contribution is 6.17. The average molecular weight is 244 g/mol. The number of aromatic nitrogens is 2. The molecule has 0 radical (unpaired) electrons. The molecule has 1 heterocycles. The molecule has 92 valence electrons. The molecule has 0 amide bonds. The fraction of sp³-hybridized carbons (Fsp3) is 0.750. The quantitative estimate of drug-likeness (QED) is 0.687. The van der Waals surface area contributed by atoms with Gasteiger partial charge >= 0.3 is 0 Å². The molecule has 0 spiro atoms. The van der Waals surface area contributed by atoms with Crippen molar-refractivity contribution in [2.45, 2.75) is 39.8 Å². The van der Waals surface area contributed by atoms with Gasteiger partial charge in [0.1, 0.15) is 5.82 Å². The Labute approximate surface area is 103 Å². The summed E-state index contributed by atoms with van der Waals surface area (Å²) < 4.78 is 2.19. The molecule has 0 unspecified atom stereocenters. The van der Waals surface area contributed by atoms with E-state index >= 15 is 0 Å². The molecular weight excluding hydrogens is 222 g/mol. The summed E-state index contributed by atoms with van der Waals surface area (Å²) >= 11 is 5.73. The van der Waals surface area contributed by atoms with Crippen LogP contribution in [0, 0.1) is 6.92 Å². The molecule has 16 heavy (non-hydrogen) atoms. The third-order valence-corrected chi connectivity index (χ3v) is 3.13.